The molecule has 0 saturated carbocycles. The molecule has 2 aromatic rings. The van der Waals surface area contributed by atoms with Gasteiger partial charge in [0.2, 0.25) is 11.8 Å². The van der Waals surface area contributed by atoms with Crippen LogP contribution in [0.25, 0.3) is 0 Å². The molecule has 3 rings (SSSR count). The first kappa shape index (κ1) is 21.8. The van der Waals surface area contributed by atoms with Crippen molar-refractivity contribution in [1.82, 2.24) is 10.6 Å². The van der Waals surface area contributed by atoms with E-state index in [2.05, 4.69) is 24.5 Å². The number of benzene rings is 2. The summed E-state index contributed by atoms with van der Waals surface area (Å²) >= 11 is 6.01. The number of hydrogen-bond donors (Lipinski definition) is 2. The molecular weight excluding hydrogens is 402 g/mol. The van der Waals surface area contributed by atoms with E-state index in [1.807, 2.05) is 24.3 Å². The summed E-state index contributed by atoms with van der Waals surface area (Å²) in [5.74, 6) is -0.565. The molecule has 2 aromatic carbocycles. The summed E-state index contributed by atoms with van der Waals surface area (Å²) in [4.78, 5) is 38.7. The highest BCUT2D eigenvalue weighted by atomic mass is 35.5. The summed E-state index contributed by atoms with van der Waals surface area (Å²) in [6, 6.07) is 14.7. The zero-order valence-electron chi connectivity index (χ0n) is 17.2. The Morgan fingerprint density at radius 3 is 2.57 bits per heavy atom. The Kier molecular flexibility index (Phi) is 7.11. The standard InChI is InChI=1S/C23H26ClN3O3/c1-15(2)16-6-5-7-18(12-16)27-14-17(13-21(27)28)22(29)25-10-11-26-23(30)19-8-3-4-9-20(19)24/h3-9,12,15,17H,10-11,13-14H2,1-2H3,(H,25,29)(H,26,30). The maximum absolute atomic E-state index is 12.5. The van der Waals surface area contributed by atoms with E-state index in [4.69, 9.17) is 11.6 Å². The van der Waals surface area contributed by atoms with Gasteiger partial charge in [0.15, 0.2) is 0 Å². The molecule has 1 fully saturated rings. The Hall–Kier alpha value is -2.86. The van der Waals surface area contributed by atoms with Gasteiger partial charge in [0.1, 0.15) is 0 Å². The highest BCUT2D eigenvalue weighted by molar-refractivity contribution is 6.33. The molecule has 1 aliphatic heterocycles. The van der Waals surface area contributed by atoms with Crippen molar-refractivity contribution in [2.24, 2.45) is 5.92 Å². The van der Waals surface area contributed by atoms with Crippen LogP contribution in [0.2, 0.25) is 5.02 Å². The highest BCUT2D eigenvalue weighted by Gasteiger charge is 2.35. The molecule has 0 spiro atoms. The third-order valence-electron chi connectivity index (χ3n) is 5.17. The number of rotatable bonds is 7. The fraction of sp³-hybridized carbons (Fsp3) is 0.348. The molecule has 7 heteroatoms. The Labute approximate surface area is 181 Å². The lowest BCUT2D eigenvalue weighted by atomic mass is 10.0. The van der Waals surface area contributed by atoms with Gasteiger partial charge in [-0.15, -0.1) is 0 Å². The van der Waals surface area contributed by atoms with Gasteiger partial charge in [-0.1, -0.05) is 49.7 Å². The zero-order chi connectivity index (χ0) is 21.7. The van der Waals surface area contributed by atoms with E-state index in [9.17, 15) is 14.4 Å². The summed E-state index contributed by atoms with van der Waals surface area (Å²) in [5.41, 5.74) is 2.38. The van der Waals surface area contributed by atoms with Crippen LogP contribution in [0, 0.1) is 5.92 Å². The quantitative estimate of drug-likeness (QED) is 0.665. The lowest BCUT2D eigenvalue weighted by molar-refractivity contribution is -0.126. The molecule has 1 unspecified atom stereocenters. The van der Waals surface area contributed by atoms with Crippen LogP contribution in [0.1, 0.15) is 42.1 Å². The van der Waals surface area contributed by atoms with Crippen molar-refractivity contribution < 1.29 is 14.4 Å². The van der Waals surface area contributed by atoms with Crippen LogP contribution in [0.5, 0.6) is 0 Å². The van der Waals surface area contributed by atoms with Gasteiger partial charge in [-0.3, -0.25) is 14.4 Å². The van der Waals surface area contributed by atoms with Crippen LogP contribution in [-0.4, -0.2) is 37.4 Å². The van der Waals surface area contributed by atoms with Crippen LogP contribution in [0.3, 0.4) is 0 Å². The first-order valence-corrected chi connectivity index (χ1v) is 10.5. The van der Waals surface area contributed by atoms with E-state index < -0.39 is 5.92 Å². The number of hydrogen-bond acceptors (Lipinski definition) is 3. The molecular formula is C23H26ClN3O3. The second-order valence-corrected chi connectivity index (χ2v) is 8.09. The predicted molar refractivity (Wildman–Crippen MR) is 118 cm³/mol. The average Bonchev–Trinajstić information content (AvgIpc) is 3.13. The minimum absolute atomic E-state index is 0.0527. The Balaban J connectivity index is 1.48. The van der Waals surface area contributed by atoms with E-state index in [0.29, 0.717) is 23.0 Å². The van der Waals surface area contributed by atoms with Gasteiger partial charge in [-0.05, 0) is 35.7 Å². The van der Waals surface area contributed by atoms with Gasteiger partial charge in [0, 0.05) is 31.7 Å². The fourth-order valence-corrected chi connectivity index (χ4v) is 3.65. The van der Waals surface area contributed by atoms with E-state index in [-0.39, 0.29) is 37.2 Å². The molecule has 0 bridgehead atoms. The molecule has 1 aliphatic rings. The molecule has 1 heterocycles. The first-order valence-electron chi connectivity index (χ1n) is 10.1. The topological polar surface area (TPSA) is 78.5 Å². The average molecular weight is 428 g/mol. The van der Waals surface area contributed by atoms with E-state index in [0.717, 1.165) is 11.3 Å². The third-order valence-corrected chi connectivity index (χ3v) is 5.50. The van der Waals surface area contributed by atoms with Crippen molar-refractivity contribution in [3.05, 3.63) is 64.7 Å². The number of amides is 3. The number of carbonyl (C=O) groups excluding carboxylic acids is 3. The van der Waals surface area contributed by atoms with Crippen LogP contribution >= 0.6 is 11.6 Å². The molecule has 6 nitrogen and oxygen atoms in total. The van der Waals surface area contributed by atoms with Crippen molar-refractivity contribution in [2.45, 2.75) is 26.2 Å². The largest absolute Gasteiger partial charge is 0.354 e. The zero-order valence-corrected chi connectivity index (χ0v) is 17.9. The summed E-state index contributed by atoms with van der Waals surface area (Å²) in [6.07, 6.45) is 0.184. The number of nitrogens with one attached hydrogen (secondary N) is 2. The first-order chi connectivity index (χ1) is 14.4. The highest BCUT2D eigenvalue weighted by Crippen LogP contribution is 2.27. The lowest BCUT2D eigenvalue weighted by Crippen LogP contribution is -2.38. The lowest BCUT2D eigenvalue weighted by Gasteiger charge is -2.18. The van der Waals surface area contributed by atoms with Gasteiger partial charge in [-0.25, -0.2) is 0 Å². The molecule has 0 radical (unpaired) electrons. The number of halogens is 1. The predicted octanol–water partition coefficient (Wildman–Crippen LogP) is 3.36. The monoisotopic (exact) mass is 427 g/mol. The van der Waals surface area contributed by atoms with Gasteiger partial charge in [0.25, 0.3) is 5.91 Å². The molecule has 30 heavy (non-hydrogen) atoms. The van der Waals surface area contributed by atoms with Crippen molar-refractivity contribution in [1.29, 1.82) is 0 Å². The van der Waals surface area contributed by atoms with Gasteiger partial charge in [0.05, 0.1) is 16.5 Å². The van der Waals surface area contributed by atoms with Crippen LogP contribution in [0.15, 0.2) is 48.5 Å². The summed E-state index contributed by atoms with van der Waals surface area (Å²) in [5, 5.41) is 5.91. The SMILES string of the molecule is CC(C)c1cccc(N2CC(C(=O)NCCNC(=O)c3ccccc3Cl)CC2=O)c1. The van der Waals surface area contributed by atoms with Crippen LogP contribution in [0.4, 0.5) is 5.69 Å². The Bertz CT molecular complexity index is 945. The van der Waals surface area contributed by atoms with Crippen LogP contribution < -0.4 is 15.5 Å². The normalized spacial score (nSPS) is 16.1. The number of nitrogens with zero attached hydrogens (tertiary/aromatic N) is 1. The van der Waals surface area contributed by atoms with E-state index in [1.165, 1.54) is 0 Å². The summed E-state index contributed by atoms with van der Waals surface area (Å²) in [6.45, 7) is 5.12. The van der Waals surface area contributed by atoms with Crippen LogP contribution in [-0.2, 0) is 9.59 Å². The van der Waals surface area contributed by atoms with Crippen molar-refractivity contribution in [3.8, 4) is 0 Å². The number of carbonyl (C=O) groups is 3. The number of anilines is 1. The van der Waals surface area contributed by atoms with Crippen molar-refractivity contribution >= 4 is 35.0 Å². The molecule has 0 aliphatic carbocycles. The summed E-state index contributed by atoms with van der Waals surface area (Å²) in [7, 11) is 0. The maximum Gasteiger partial charge on any atom is 0.252 e. The van der Waals surface area contributed by atoms with Crippen molar-refractivity contribution in [3.63, 3.8) is 0 Å². The van der Waals surface area contributed by atoms with Crippen molar-refractivity contribution in [2.75, 3.05) is 24.5 Å². The second kappa shape index (κ2) is 9.76. The minimum Gasteiger partial charge on any atom is -0.354 e. The molecule has 1 atom stereocenters. The molecule has 158 valence electrons. The summed E-state index contributed by atoms with van der Waals surface area (Å²) < 4.78 is 0. The molecule has 1 saturated heterocycles. The second-order valence-electron chi connectivity index (χ2n) is 7.68. The van der Waals surface area contributed by atoms with E-state index in [1.54, 1.807) is 29.2 Å². The van der Waals surface area contributed by atoms with Gasteiger partial charge >= 0.3 is 0 Å². The van der Waals surface area contributed by atoms with E-state index >= 15 is 0 Å². The third kappa shape index (κ3) is 5.19. The van der Waals surface area contributed by atoms with Gasteiger partial charge < -0.3 is 15.5 Å². The van der Waals surface area contributed by atoms with Gasteiger partial charge in [-0.2, -0.15) is 0 Å². The molecule has 2 N–H and O–H groups in total. The Morgan fingerprint density at radius 1 is 1.10 bits per heavy atom. The fourth-order valence-electron chi connectivity index (χ4n) is 3.43. The minimum atomic E-state index is -0.403. The Morgan fingerprint density at radius 2 is 1.83 bits per heavy atom. The molecule has 0 aromatic heterocycles. The molecule has 3 amide bonds. The smallest absolute Gasteiger partial charge is 0.252 e. The maximum atomic E-state index is 12.5.